The molecule has 4 heteroatoms. The SMILES string of the molecule is Cc1ccc(S(=O)(=O)N(Cc2ccccc2)C(C)(C)C)cc1. The number of hydrogen-bond donors (Lipinski definition) is 0. The maximum Gasteiger partial charge on any atom is 0.243 e. The van der Waals surface area contributed by atoms with Gasteiger partial charge in [-0.3, -0.25) is 0 Å². The summed E-state index contributed by atoms with van der Waals surface area (Å²) in [6.07, 6.45) is 0. The highest BCUT2D eigenvalue weighted by atomic mass is 32.2. The summed E-state index contributed by atoms with van der Waals surface area (Å²) >= 11 is 0. The fourth-order valence-electron chi connectivity index (χ4n) is 2.27. The van der Waals surface area contributed by atoms with Crippen molar-refractivity contribution in [2.45, 2.75) is 44.7 Å². The summed E-state index contributed by atoms with van der Waals surface area (Å²) in [7, 11) is -3.54. The topological polar surface area (TPSA) is 37.4 Å². The van der Waals surface area contributed by atoms with Gasteiger partial charge in [-0.1, -0.05) is 48.0 Å². The van der Waals surface area contributed by atoms with E-state index in [0.717, 1.165) is 11.1 Å². The zero-order valence-electron chi connectivity index (χ0n) is 13.6. The zero-order chi connectivity index (χ0) is 16.4. The van der Waals surface area contributed by atoms with Gasteiger partial charge in [0.1, 0.15) is 0 Å². The third kappa shape index (κ3) is 3.76. The molecule has 0 aromatic heterocycles. The summed E-state index contributed by atoms with van der Waals surface area (Å²) in [6, 6.07) is 16.7. The number of aryl methyl sites for hydroxylation is 1. The lowest BCUT2D eigenvalue weighted by Gasteiger charge is -2.34. The fourth-order valence-corrected chi connectivity index (χ4v) is 4.04. The first-order valence-corrected chi connectivity index (χ1v) is 8.79. The van der Waals surface area contributed by atoms with Crippen LogP contribution in [0.2, 0.25) is 0 Å². The number of nitrogens with zero attached hydrogens (tertiary/aromatic N) is 1. The lowest BCUT2D eigenvalue weighted by atomic mass is 10.1. The molecule has 0 saturated heterocycles. The lowest BCUT2D eigenvalue weighted by Crippen LogP contribution is -2.44. The van der Waals surface area contributed by atoms with Gasteiger partial charge in [0.15, 0.2) is 0 Å². The van der Waals surface area contributed by atoms with Crippen molar-refractivity contribution in [3.05, 3.63) is 65.7 Å². The summed E-state index contributed by atoms with van der Waals surface area (Å²) in [5, 5.41) is 0. The second-order valence-corrected chi connectivity index (χ2v) is 8.34. The highest BCUT2D eigenvalue weighted by Gasteiger charge is 2.33. The van der Waals surface area contributed by atoms with Gasteiger partial charge in [-0.25, -0.2) is 8.42 Å². The van der Waals surface area contributed by atoms with Crippen LogP contribution >= 0.6 is 0 Å². The maximum absolute atomic E-state index is 13.0. The molecule has 0 unspecified atom stereocenters. The Morgan fingerprint density at radius 2 is 1.45 bits per heavy atom. The van der Waals surface area contributed by atoms with E-state index >= 15 is 0 Å². The van der Waals surface area contributed by atoms with E-state index in [1.54, 1.807) is 16.4 Å². The largest absolute Gasteiger partial charge is 0.243 e. The van der Waals surface area contributed by atoms with Crippen LogP contribution in [0.4, 0.5) is 0 Å². The van der Waals surface area contributed by atoms with Crippen LogP contribution in [0.25, 0.3) is 0 Å². The quantitative estimate of drug-likeness (QED) is 0.855. The Hall–Kier alpha value is -1.65. The molecule has 0 radical (unpaired) electrons. The van der Waals surface area contributed by atoms with E-state index in [0.29, 0.717) is 11.4 Å². The van der Waals surface area contributed by atoms with Gasteiger partial charge in [-0.2, -0.15) is 4.31 Å². The average Bonchev–Trinajstić information content (AvgIpc) is 2.45. The van der Waals surface area contributed by atoms with Crippen LogP contribution in [0.3, 0.4) is 0 Å². The van der Waals surface area contributed by atoms with Crippen molar-refractivity contribution in [3.63, 3.8) is 0 Å². The monoisotopic (exact) mass is 317 g/mol. The molecule has 0 saturated carbocycles. The molecule has 118 valence electrons. The van der Waals surface area contributed by atoms with E-state index in [2.05, 4.69) is 0 Å². The minimum atomic E-state index is -3.54. The summed E-state index contributed by atoms with van der Waals surface area (Å²) in [6.45, 7) is 8.06. The second-order valence-electron chi connectivity index (χ2n) is 6.48. The smallest absolute Gasteiger partial charge is 0.207 e. The van der Waals surface area contributed by atoms with Crippen molar-refractivity contribution < 1.29 is 8.42 Å². The van der Waals surface area contributed by atoms with Crippen LogP contribution in [-0.2, 0) is 16.6 Å². The molecule has 0 spiro atoms. The van der Waals surface area contributed by atoms with Crippen molar-refractivity contribution in [1.82, 2.24) is 4.31 Å². The molecule has 0 aliphatic heterocycles. The van der Waals surface area contributed by atoms with Gasteiger partial charge in [0.2, 0.25) is 10.0 Å². The molecule has 0 aliphatic carbocycles. The molecule has 2 aromatic rings. The fraction of sp³-hybridized carbons (Fsp3) is 0.333. The molecule has 0 aliphatic rings. The van der Waals surface area contributed by atoms with Gasteiger partial charge >= 0.3 is 0 Å². The molecule has 0 amide bonds. The Morgan fingerprint density at radius 3 is 1.95 bits per heavy atom. The van der Waals surface area contributed by atoms with Gasteiger partial charge < -0.3 is 0 Å². The third-order valence-corrected chi connectivity index (χ3v) is 5.65. The summed E-state index contributed by atoms with van der Waals surface area (Å²) in [4.78, 5) is 0.337. The van der Waals surface area contributed by atoms with Crippen LogP contribution < -0.4 is 0 Å². The minimum absolute atomic E-state index is 0.337. The van der Waals surface area contributed by atoms with Crippen LogP contribution in [-0.4, -0.2) is 18.3 Å². The molecule has 2 rings (SSSR count). The number of hydrogen-bond acceptors (Lipinski definition) is 2. The molecule has 0 bridgehead atoms. The van der Waals surface area contributed by atoms with E-state index in [9.17, 15) is 8.42 Å². The van der Waals surface area contributed by atoms with Crippen LogP contribution in [0, 0.1) is 6.92 Å². The van der Waals surface area contributed by atoms with Crippen molar-refractivity contribution >= 4 is 10.0 Å². The van der Waals surface area contributed by atoms with E-state index in [1.165, 1.54) is 0 Å². The van der Waals surface area contributed by atoms with Gasteiger partial charge in [-0.05, 0) is 45.4 Å². The van der Waals surface area contributed by atoms with Crippen molar-refractivity contribution in [3.8, 4) is 0 Å². The second kappa shape index (κ2) is 6.23. The molecule has 0 fully saturated rings. The Kier molecular flexibility index (Phi) is 4.73. The first-order valence-electron chi connectivity index (χ1n) is 7.35. The van der Waals surface area contributed by atoms with Gasteiger partial charge in [0.25, 0.3) is 0 Å². The standard InChI is InChI=1S/C18H23NO2S/c1-15-10-12-17(13-11-15)22(20,21)19(18(2,3)4)14-16-8-6-5-7-9-16/h5-13H,14H2,1-4H3. The zero-order valence-corrected chi connectivity index (χ0v) is 14.4. The predicted molar refractivity (Wildman–Crippen MR) is 90.1 cm³/mol. The predicted octanol–water partition coefficient (Wildman–Crippen LogP) is 3.98. The highest BCUT2D eigenvalue weighted by Crippen LogP contribution is 2.26. The first-order chi connectivity index (χ1) is 10.2. The average molecular weight is 317 g/mol. The summed E-state index contributed by atoms with van der Waals surface area (Å²) < 4.78 is 27.6. The number of benzene rings is 2. The lowest BCUT2D eigenvalue weighted by molar-refractivity contribution is 0.242. The summed E-state index contributed by atoms with van der Waals surface area (Å²) in [5.41, 5.74) is 1.52. The maximum atomic E-state index is 13.0. The van der Waals surface area contributed by atoms with Crippen LogP contribution in [0.1, 0.15) is 31.9 Å². The van der Waals surface area contributed by atoms with Gasteiger partial charge in [0.05, 0.1) is 4.90 Å². The van der Waals surface area contributed by atoms with Crippen LogP contribution in [0.5, 0.6) is 0 Å². The van der Waals surface area contributed by atoms with Crippen molar-refractivity contribution in [2.24, 2.45) is 0 Å². The van der Waals surface area contributed by atoms with Gasteiger partial charge in [-0.15, -0.1) is 0 Å². The Labute approximate surface area is 133 Å². The molecule has 0 N–H and O–H groups in total. The van der Waals surface area contributed by atoms with Crippen molar-refractivity contribution in [1.29, 1.82) is 0 Å². The van der Waals surface area contributed by atoms with E-state index in [4.69, 9.17) is 0 Å². The normalized spacial score (nSPS) is 12.6. The number of rotatable bonds is 4. The Balaban J connectivity index is 2.43. The molecule has 2 aromatic carbocycles. The first kappa shape index (κ1) is 16.7. The molecule has 0 atom stereocenters. The molecule has 22 heavy (non-hydrogen) atoms. The highest BCUT2D eigenvalue weighted by molar-refractivity contribution is 7.89. The van der Waals surface area contributed by atoms with Crippen molar-refractivity contribution in [2.75, 3.05) is 0 Å². The van der Waals surface area contributed by atoms with E-state index in [1.807, 2.05) is 70.2 Å². The van der Waals surface area contributed by atoms with E-state index in [-0.39, 0.29) is 0 Å². The Bertz CT molecular complexity index is 714. The van der Waals surface area contributed by atoms with E-state index < -0.39 is 15.6 Å². The third-order valence-electron chi connectivity index (χ3n) is 3.53. The minimum Gasteiger partial charge on any atom is -0.207 e. The molecular weight excluding hydrogens is 294 g/mol. The van der Waals surface area contributed by atoms with Gasteiger partial charge in [0, 0.05) is 12.1 Å². The van der Waals surface area contributed by atoms with Crippen LogP contribution in [0.15, 0.2) is 59.5 Å². The number of sulfonamides is 1. The Morgan fingerprint density at radius 1 is 0.909 bits per heavy atom. The molecule has 3 nitrogen and oxygen atoms in total. The molecule has 0 heterocycles. The molecular formula is C18H23NO2S. The summed E-state index contributed by atoms with van der Waals surface area (Å²) in [5.74, 6) is 0.